The van der Waals surface area contributed by atoms with Crippen molar-refractivity contribution in [3.05, 3.63) is 41.1 Å². The molecule has 0 saturated carbocycles. The van der Waals surface area contributed by atoms with Crippen LogP contribution in [0.15, 0.2) is 35.5 Å². The number of benzene rings is 1. The van der Waals surface area contributed by atoms with Gasteiger partial charge in [-0.2, -0.15) is 0 Å². The zero-order chi connectivity index (χ0) is 21.8. The number of allylic oxidation sites excluding steroid dienone is 1. The molecular formula is C23H34N2O4S. The Balaban J connectivity index is 1.96. The van der Waals surface area contributed by atoms with Gasteiger partial charge in [0.2, 0.25) is 0 Å². The van der Waals surface area contributed by atoms with Crippen LogP contribution in [0.25, 0.3) is 0 Å². The monoisotopic (exact) mass is 434 g/mol. The number of carbonyl (C=O) groups excluding carboxylic acids is 1. The highest BCUT2D eigenvalue weighted by Crippen LogP contribution is 2.29. The molecule has 6 nitrogen and oxygen atoms in total. The van der Waals surface area contributed by atoms with Crippen molar-refractivity contribution in [2.75, 3.05) is 26.9 Å². The van der Waals surface area contributed by atoms with E-state index < -0.39 is 0 Å². The second-order valence-corrected chi connectivity index (χ2v) is 7.79. The summed E-state index contributed by atoms with van der Waals surface area (Å²) in [5, 5.41) is 6.66. The second-order valence-electron chi connectivity index (χ2n) is 7.38. The average Bonchev–Trinajstić information content (AvgIpc) is 2.73. The predicted molar refractivity (Wildman–Crippen MR) is 122 cm³/mol. The third-order valence-corrected chi connectivity index (χ3v) is 5.21. The summed E-state index contributed by atoms with van der Waals surface area (Å²) in [7, 11) is 1.57. The summed E-state index contributed by atoms with van der Waals surface area (Å²) >= 11 is 5.29. The van der Waals surface area contributed by atoms with Crippen molar-refractivity contribution < 1.29 is 19.0 Å². The van der Waals surface area contributed by atoms with Gasteiger partial charge in [0.25, 0.3) is 0 Å². The topological polar surface area (TPSA) is 68.8 Å². The van der Waals surface area contributed by atoms with Gasteiger partial charge >= 0.3 is 5.97 Å². The van der Waals surface area contributed by atoms with E-state index in [2.05, 4.69) is 17.6 Å². The van der Waals surface area contributed by atoms with Crippen molar-refractivity contribution >= 4 is 23.3 Å². The Bertz CT molecular complexity index is 718. The highest BCUT2D eigenvalue weighted by Gasteiger charge is 2.30. The van der Waals surface area contributed by atoms with E-state index in [0.29, 0.717) is 23.0 Å². The first-order chi connectivity index (χ1) is 14.6. The van der Waals surface area contributed by atoms with Gasteiger partial charge in [0.05, 0.1) is 24.8 Å². The van der Waals surface area contributed by atoms with Crippen LogP contribution in [0.1, 0.15) is 64.0 Å². The lowest BCUT2D eigenvalue weighted by Crippen LogP contribution is -2.45. The zero-order valence-corrected chi connectivity index (χ0v) is 19.1. The quantitative estimate of drug-likeness (QED) is 0.271. The van der Waals surface area contributed by atoms with Crippen LogP contribution in [0.4, 0.5) is 0 Å². The first-order valence-electron chi connectivity index (χ1n) is 10.7. The number of carbonyl (C=O) groups is 1. The summed E-state index contributed by atoms with van der Waals surface area (Å²) in [4.78, 5) is 12.6. The fourth-order valence-electron chi connectivity index (χ4n) is 3.34. The molecule has 2 rings (SSSR count). The molecule has 1 aromatic carbocycles. The number of thiocarbonyl (C=S) groups is 1. The highest BCUT2D eigenvalue weighted by atomic mass is 32.1. The Kier molecular flexibility index (Phi) is 10.7. The van der Waals surface area contributed by atoms with E-state index >= 15 is 0 Å². The molecule has 0 radical (unpaired) electrons. The maximum atomic E-state index is 12.6. The molecule has 0 aliphatic carbocycles. The summed E-state index contributed by atoms with van der Waals surface area (Å²) in [5.41, 5.74) is 2.12. The van der Waals surface area contributed by atoms with Crippen molar-refractivity contribution in [1.82, 2.24) is 10.6 Å². The number of hydrogen-bond acceptors (Lipinski definition) is 5. The number of rotatable bonds is 13. The Hall–Kier alpha value is -2.12. The molecule has 2 N–H and O–H groups in total. The van der Waals surface area contributed by atoms with E-state index in [9.17, 15) is 4.79 Å². The van der Waals surface area contributed by atoms with E-state index in [1.165, 1.54) is 32.1 Å². The lowest BCUT2D eigenvalue weighted by Gasteiger charge is -2.30. The third kappa shape index (κ3) is 7.61. The summed E-state index contributed by atoms with van der Waals surface area (Å²) in [6, 6.07) is 7.40. The van der Waals surface area contributed by atoms with Crippen LogP contribution in [-0.2, 0) is 14.3 Å². The largest absolute Gasteiger partial charge is 0.494 e. The third-order valence-electron chi connectivity index (χ3n) is 4.99. The minimum absolute atomic E-state index is 0.203. The van der Waals surface area contributed by atoms with Crippen LogP contribution < -0.4 is 15.4 Å². The summed E-state index contributed by atoms with van der Waals surface area (Å²) in [6.45, 7) is 5.33. The molecule has 1 aliphatic heterocycles. The molecule has 1 aliphatic rings. The van der Waals surface area contributed by atoms with Crippen LogP contribution in [0.3, 0.4) is 0 Å². The van der Waals surface area contributed by atoms with Gasteiger partial charge in [0.1, 0.15) is 12.4 Å². The minimum atomic E-state index is -0.388. The molecule has 0 aromatic heterocycles. The van der Waals surface area contributed by atoms with Gasteiger partial charge in [0.15, 0.2) is 5.11 Å². The molecule has 7 heteroatoms. The molecular weight excluding hydrogens is 400 g/mol. The number of hydrogen-bond donors (Lipinski definition) is 2. The normalized spacial score (nSPS) is 16.1. The van der Waals surface area contributed by atoms with Crippen molar-refractivity contribution in [1.29, 1.82) is 0 Å². The van der Waals surface area contributed by atoms with Gasteiger partial charge in [-0.05, 0) is 43.3 Å². The Morgan fingerprint density at radius 1 is 1.03 bits per heavy atom. The van der Waals surface area contributed by atoms with Gasteiger partial charge in [-0.3, -0.25) is 0 Å². The second kappa shape index (κ2) is 13.2. The van der Waals surface area contributed by atoms with Crippen molar-refractivity contribution in [2.24, 2.45) is 0 Å². The van der Waals surface area contributed by atoms with E-state index in [1.807, 2.05) is 31.2 Å². The number of nitrogens with one attached hydrogen (secondary N) is 2. The summed E-state index contributed by atoms with van der Waals surface area (Å²) < 4.78 is 16.1. The van der Waals surface area contributed by atoms with Crippen molar-refractivity contribution in [2.45, 2.75) is 58.4 Å². The first-order valence-corrected chi connectivity index (χ1v) is 11.1. The molecule has 0 amide bonds. The van der Waals surface area contributed by atoms with E-state index in [1.54, 1.807) is 7.11 Å². The minimum Gasteiger partial charge on any atom is -0.494 e. The maximum absolute atomic E-state index is 12.6. The summed E-state index contributed by atoms with van der Waals surface area (Å²) in [5.74, 6) is 0.439. The van der Waals surface area contributed by atoms with Crippen molar-refractivity contribution in [3.8, 4) is 5.75 Å². The van der Waals surface area contributed by atoms with Gasteiger partial charge in [0, 0.05) is 12.8 Å². The average molecular weight is 435 g/mol. The molecule has 0 saturated heterocycles. The molecule has 1 aromatic rings. The Morgan fingerprint density at radius 3 is 2.43 bits per heavy atom. The van der Waals surface area contributed by atoms with Gasteiger partial charge in [-0.15, -0.1) is 0 Å². The number of unbranched alkanes of at least 4 members (excludes halogenated alkanes) is 5. The lowest BCUT2D eigenvalue weighted by atomic mass is 9.95. The SMILES string of the molecule is CCCCCCCCOc1ccc(C2NC(=S)NC(C)=C2C(=O)OCCOC)cc1. The van der Waals surface area contributed by atoms with E-state index in [0.717, 1.165) is 24.3 Å². The Morgan fingerprint density at radius 2 is 1.73 bits per heavy atom. The molecule has 166 valence electrons. The Labute approximate surface area is 185 Å². The first kappa shape index (κ1) is 24.2. The predicted octanol–water partition coefficient (Wildman–Crippen LogP) is 4.41. The zero-order valence-electron chi connectivity index (χ0n) is 18.3. The van der Waals surface area contributed by atoms with Gasteiger partial charge in [-0.1, -0.05) is 51.2 Å². The van der Waals surface area contributed by atoms with E-state index in [-0.39, 0.29) is 18.6 Å². The van der Waals surface area contributed by atoms with Gasteiger partial charge in [-0.25, -0.2) is 4.79 Å². The van der Waals surface area contributed by atoms with Crippen LogP contribution in [0, 0.1) is 0 Å². The molecule has 1 atom stereocenters. The molecule has 0 fully saturated rings. The van der Waals surface area contributed by atoms with Crippen LogP contribution >= 0.6 is 12.2 Å². The molecule has 1 unspecified atom stereocenters. The lowest BCUT2D eigenvalue weighted by molar-refractivity contribution is -0.140. The maximum Gasteiger partial charge on any atom is 0.338 e. The highest BCUT2D eigenvalue weighted by molar-refractivity contribution is 7.80. The fourth-order valence-corrected chi connectivity index (χ4v) is 3.61. The summed E-state index contributed by atoms with van der Waals surface area (Å²) in [6.07, 6.45) is 7.42. The van der Waals surface area contributed by atoms with Crippen LogP contribution in [0.2, 0.25) is 0 Å². The molecule has 30 heavy (non-hydrogen) atoms. The molecule has 1 heterocycles. The molecule has 0 bridgehead atoms. The van der Waals surface area contributed by atoms with Crippen LogP contribution in [0.5, 0.6) is 5.75 Å². The van der Waals surface area contributed by atoms with E-state index in [4.69, 9.17) is 26.4 Å². The number of ether oxygens (including phenoxy) is 3. The number of methoxy groups -OCH3 is 1. The van der Waals surface area contributed by atoms with Crippen molar-refractivity contribution in [3.63, 3.8) is 0 Å². The molecule has 0 spiro atoms. The fraction of sp³-hybridized carbons (Fsp3) is 0.565. The smallest absolute Gasteiger partial charge is 0.338 e. The standard InChI is InChI=1S/C23H34N2O4S/c1-4-5-6-7-8-9-14-28-19-12-10-18(11-13-19)21-20(17(2)24-23(30)25-21)22(26)29-16-15-27-3/h10-13,21H,4-9,14-16H2,1-3H3,(H2,24,25,30). The van der Waals surface area contributed by atoms with Crippen LogP contribution in [-0.4, -0.2) is 38.0 Å². The van der Waals surface area contributed by atoms with Gasteiger partial charge < -0.3 is 24.8 Å². The number of esters is 1.